The molecule has 3 aliphatic rings. The molecular weight excluding hydrogens is 627 g/mol. The van der Waals surface area contributed by atoms with Gasteiger partial charge in [-0.1, -0.05) is 18.7 Å². The molecule has 4 atom stereocenters. The van der Waals surface area contributed by atoms with Crippen molar-refractivity contribution < 1.29 is 22.7 Å². The van der Waals surface area contributed by atoms with Crippen molar-refractivity contribution in [3.8, 4) is 17.1 Å². The number of nitrogen functional groups attached to an aromatic ring is 1. The van der Waals surface area contributed by atoms with E-state index < -0.39 is 23.3 Å². The van der Waals surface area contributed by atoms with Crippen molar-refractivity contribution in [2.24, 2.45) is 0 Å². The molecule has 3 fully saturated rings. The van der Waals surface area contributed by atoms with Crippen molar-refractivity contribution in [2.45, 2.75) is 56.4 Å². The molecule has 2 aromatic heterocycles. The van der Waals surface area contributed by atoms with Crippen molar-refractivity contribution in [1.82, 2.24) is 19.8 Å². The fourth-order valence-electron chi connectivity index (χ4n) is 7.70. The van der Waals surface area contributed by atoms with E-state index in [0.717, 1.165) is 30.7 Å². The molecule has 4 aromatic rings. The number of hydrogen-bond donors (Lipinski definition) is 1. The predicted molar refractivity (Wildman–Crippen MR) is 178 cm³/mol. The van der Waals surface area contributed by atoms with E-state index in [2.05, 4.69) is 21.3 Å². The highest BCUT2D eigenvalue weighted by atomic mass is 32.1. The second kappa shape index (κ2) is 11.7. The lowest BCUT2D eigenvalue weighted by Gasteiger charge is -2.31. The number of rotatable bonds is 7. The number of nitrogens with zero attached hydrogens (tertiary/aromatic N) is 6. The molecule has 0 radical (unpaired) electrons. The van der Waals surface area contributed by atoms with Crippen LogP contribution in [0.1, 0.15) is 32.6 Å². The lowest BCUT2D eigenvalue weighted by Crippen LogP contribution is -2.43. The molecule has 4 unspecified atom stereocenters. The number of thiophene rings is 1. The molecule has 0 aliphatic carbocycles. The van der Waals surface area contributed by atoms with Crippen LogP contribution in [0.2, 0.25) is 0 Å². The standard InChI is InChI=1S/C34H34F3N7O2S/c1-5-25(45)44-16-20(13-18(44)2)42(4)32-23-8-7-22(21-9-10-24(36)30-26(21)29(39-3)31(38)47-30)27(37)28(23)40-33(41-32)46-17-34-11-6-12-43(34)15-19(35)14-34/h5,7-10,18-20H,1,6,11-17,38H2,2,4H3. The number of alkyl halides is 1. The van der Waals surface area contributed by atoms with Gasteiger partial charge in [-0.25, -0.2) is 18.0 Å². The number of likely N-dealkylation sites (N-methyl/N-ethyl adjacent to an activating group) is 1. The van der Waals surface area contributed by atoms with Gasteiger partial charge in [0.1, 0.15) is 29.9 Å². The number of ether oxygens (including phenoxy) is 1. The third-order valence-electron chi connectivity index (χ3n) is 10.1. The molecule has 7 rings (SSSR count). The first-order chi connectivity index (χ1) is 22.5. The monoisotopic (exact) mass is 661 g/mol. The molecule has 5 heterocycles. The van der Waals surface area contributed by atoms with E-state index >= 15 is 4.39 Å². The summed E-state index contributed by atoms with van der Waals surface area (Å²) in [5.41, 5.74) is 6.10. The zero-order chi connectivity index (χ0) is 33.2. The van der Waals surface area contributed by atoms with E-state index in [4.69, 9.17) is 22.0 Å². The molecule has 0 saturated carbocycles. The zero-order valence-corrected chi connectivity index (χ0v) is 26.9. The van der Waals surface area contributed by atoms with Crippen LogP contribution in [-0.4, -0.2) is 82.8 Å². The third kappa shape index (κ3) is 5.05. The van der Waals surface area contributed by atoms with Crippen LogP contribution in [0.4, 0.5) is 29.7 Å². The van der Waals surface area contributed by atoms with Crippen LogP contribution in [0.25, 0.3) is 37.0 Å². The molecule has 1 amide bonds. The van der Waals surface area contributed by atoms with Gasteiger partial charge >= 0.3 is 6.01 Å². The van der Waals surface area contributed by atoms with E-state index in [9.17, 15) is 13.6 Å². The predicted octanol–water partition coefficient (Wildman–Crippen LogP) is 6.49. The molecule has 3 aliphatic heterocycles. The third-order valence-corrected chi connectivity index (χ3v) is 11.1. The summed E-state index contributed by atoms with van der Waals surface area (Å²) in [7, 11) is 1.85. The summed E-state index contributed by atoms with van der Waals surface area (Å²) in [6, 6.07) is 5.74. The number of fused-ring (bicyclic) bond motifs is 3. The number of anilines is 2. The second-order valence-electron chi connectivity index (χ2n) is 12.8. The van der Waals surface area contributed by atoms with Gasteiger partial charge in [-0.2, -0.15) is 9.97 Å². The fraction of sp³-hybridized carbons (Fsp3) is 0.412. The van der Waals surface area contributed by atoms with E-state index in [-0.39, 0.29) is 62.5 Å². The Balaban J connectivity index is 1.35. The Bertz CT molecular complexity index is 1980. The van der Waals surface area contributed by atoms with Gasteiger partial charge in [0.25, 0.3) is 0 Å². The Morgan fingerprint density at radius 3 is 2.83 bits per heavy atom. The molecule has 2 N–H and O–H groups in total. The van der Waals surface area contributed by atoms with Crippen LogP contribution in [0, 0.1) is 18.2 Å². The van der Waals surface area contributed by atoms with Crippen LogP contribution in [0.15, 0.2) is 36.9 Å². The van der Waals surface area contributed by atoms with Crippen molar-refractivity contribution >= 4 is 54.7 Å². The Labute approximate surface area is 274 Å². The average molecular weight is 662 g/mol. The number of hydrogen-bond acceptors (Lipinski definition) is 8. The van der Waals surface area contributed by atoms with Crippen molar-refractivity contribution in [2.75, 3.05) is 43.9 Å². The molecule has 9 nitrogen and oxygen atoms in total. The lowest BCUT2D eigenvalue weighted by atomic mass is 9.95. The van der Waals surface area contributed by atoms with Crippen molar-refractivity contribution in [3.05, 3.63) is 60.0 Å². The fourth-order valence-corrected chi connectivity index (χ4v) is 8.64. The van der Waals surface area contributed by atoms with Gasteiger partial charge in [-0.3, -0.25) is 9.69 Å². The number of likely N-dealkylation sites (tertiary alicyclic amines) is 1. The highest BCUT2D eigenvalue weighted by Crippen LogP contribution is 2.47. The van der Waals surface area contributed by atoms with Crippen LogP contribution in [0.3, 0.4) is 0 Å². The maximum atomic E-state index is 16.8. The highest BCUT2D eigenvalue weighted by molar-refractivity contribution is 7.23. The van der Waals surface area contributed by atoms with Gasteiger partial charge in [0.15, 0.2) is 5.82 Å². The Kier molecular flexibility index (Phi) is 7.75. The molecule has 0 spiro atoms. The van der Waals surface area contributed by atoms with E-state index in [1.807, 2.05) is 18.9 Å². The topological polar surface area (TPSA) is 92.2 Å². The Hall–Kier alpha value is -4.41. The van der Waals surface area contributed by atoms with Gasteiger partial charge in [-0.15, -0.1) is 11.3 Å². The second-order valence-corrected chi connectivity index (χ2v) is 13.8. The molecule has 13 heteroatoms. The minimum atomic E-state index is -0.942. The SMILES string of the molecule is [C-]#[N+]c1c(N)sc2c(F)ccc(-c3ccc4c(N(C)C5CC(C)N(C(=O)C=C)C5)nc(OCC56CCCN5CC(F)C6)nc4c3F)c12. The average Bonchev–Trinajstić information content (AvgIpc) is 3.80. The summed E-state index contributed by atoms with van der Waals surface area (Å²) in [4.78, 5) is 31.2. The first-order valence-corrected chi connectivity index (χ1v) is 16.4. The maximum absolute atomic E-state index is 16.8. The summed E-state index contributed by atoms with van der Waals surface area (Å²) in [5, 5.41) is 0.821. The number of carbonyl (C=O) groups is 1. The number of nitrogens with two attached hydrogens (primary N) is 1. The molecule has 244 valence electrons. The first kappa shape index (κ1) is 31.2. The first-order valence-electron chi connectivity index (χ1n) is 15.6. The summed E-state index contributed by atoms with van der Waals surface area (Å²) in [5.74, 6) is -0.980. The number of carbonyl (C=O) groups excluding carboxylic acids is 1. The smallest absolute Gasteiger partial charge is 0.319 e. The van der Waals surface area contributed by atoms with Crippen LogP contribution >= 0.6 is 11.3 Å². The highest BCUT2D eigenvalue weighted by Gasteiger charge is 2.49. The van der Waals surface area contributed by atoms with Crippen molar-refractivity contribution in [1.29, 1.82) is 0 Å². The van der Waals surface area contributed by atoms with Gasteiger partial charge in [0.2, 0.25) is 11.6 Å². The molecular formula is C34H34F3N7O2S. The molecule has 2 aromatic carbocycles. The van der Waals surface area contributed by atoms with Gasteiger partial charge in [0.05, 0.1) is 21.8 Å². The van der Waals surface area contributed by atoms with Crippen molar-refractivity contribution in [3.63, 3.8) is 0 Å². The van der Waals surface area contributed by atoms with Crippen LogP contribution < -0.4 is 15.4 Å². The Morgan fingerprint density at radius 1 is 1.28 bits per heavy atom. The minimum absolute atomic E-state index is 0.0139. The van der Waals surface area contributed by atoms with E-state index in [1.54, 1.807) is 17.0 Å². The Morgan fingerprint density at radius 2 is 2.06 bits per heavy atom. The van der Waals surface area contributed by atoms with Crippen LogP contribution in [0.5, 0.6) is 6.01 Å². The largest absolute Gasteiger partial charge is 0.461 e. The molecule has 47 heavy (non-hydrogen) atoms. The van der Waals surface area contributed by atoms with Gasteiger partial charge in [-0.05, 0) is 56.5 Å². The summed E-state index contributed by atoms with van der Waals surface area (Å²) in [6.07, 6.45) is 3.08. The van der Waals surface area contributed by atoms with Gasteiger partial charge < -0.3 is 20.3 Å². The normalized spacial score (nSPS) is 24.2. The number of aromatic nitrogens is 2. The van der Waals surface area contributed by atoms with Gasteiger partial charge in [0, 0.05) is 55.0 Å². The summed E-state index contributed by atoms with van der Waals surface area (Å²) in [6.45, 7) is 15.0. The zero-order valence-electron chi connectivity index (χ0n) is 26.1. The number of halogens is 3. The van der Waals surface area contributed by atoms with E-state index in [1.165, 1.54) is 18.2 Å². The maximum Gasteiger partial charge on any atom is 0.319 e. The number of benzene rings is 2. The molecule has 0 bridgehead atoms. The molecule has 3 saturated heterocycles. The lowest BCUT2D eigenvalue weighted by molar-refractivity contribution is -0.126. The minimum Gasteiger partial charge on any atom is -0.461 e. The van der Waals surface area contributed by atoms with Crippen LogP contribution in [-0.2, 0) is 4.79 Å². The quantitative estimate of drug-likeness (QED) is 0.179. The van der Waals surface area contributed by atoms with E-state index in [0.29, 0.717) is 42.7 Å². The number of amides is 1. The summed E-state index contributed by atoms with van der Waals surface area (Å²) >= 11 is 0.950. The summed E-state index contributed by atoms with van der Waals surface area (Å²) < 4.78 is 52.5.